The van der Waals surface area contributed by atoms with E-state index >= 15 is 0 Å². The van der Waals surface area contributed by atoms with Crippen molar-refractivity contribution in [2.75, 3.05) is 6.54 Å². The quantitative estimate of drug-likeness (QED) is 0.596. The summed E-state index contributed by atoms with van der Waals surface area (Å²) in [7, 11) is 0. The molecule has 1 amide bonds. The third-order valence-electron chi connectivity index (χ3n) is 6.32. The molecule has 1 unspecified atom stereocenters. The Hall–Kier alpha value is -2.80. The predicted octanol–water partition coefficient (Wildman–Crippen LogP) is 4.79. The molecule has 1 saturated carbocycles. The molecule has 2 atom stereocenters. The van der Waals surface area contributed by atoms with E-state index in [-0.39, 0.29) is 34.9 Å². The first-order chi connectivity index (χ1) is 14.9. The normalized spacial score (nSPS) is 21.4. The average Bonchev–Trinajstić information content (AvgIpc) is 3.17. The van der Waals surface area contributed by atoms with Gasteiger partial charge in [-0.3, -0.25) is 4.79 Å². The van der Waals surface area contributed by atoms with Crippen LogP contribution in [0.5, 0.6) is 0 Å². The lowest BCUT2D eigenvalue weighted by Gasteiger charge is -2.46. The SMILES string of the molecule is CCN(C(=O)c1nc2ccc(F)cc2[nH]1)C1(C)CCC[C@@H](NCc2ccc(F)cc2)C1. The summed E-state index contributed by atoms with van der Waals surface area (Å²) >= 11 is 0. The van der Waals surface area contributed by atoms with E-state index in [1.807, 2.05) is 11.8 Å². The van der Waals surface area contributed by atoms with Gasteiger partial charge >= 0.3 is 0 Å². The van der Waals surface area contributed by atoms with Gasteiger partial charge in [-0.2, -0.15) is 0 Å². The molecule has 0 saturated heterocycles. The lowest BCUT2D eigenvalue weighted by atomic mass is 9.78. The zero-order chi connectivity index (χ0) is 22.0. The van der Waals surface area contributed by atoms with Crippen LogP contribution in [0, 0.1) is 11.6 Å². The van der Waals surface area contributed by atoms with Crippen molar-refractivity contribution in [3.8, 4) is 0 Å². The highest BCUT2D eigenvalue weighted by molar-refractivity contribution is 5.94. The molecule has 164 valence electrons. The fourth-order valence-electron chi connectivity index (χ4n) is 4.73. The summed E-state index contributed by atoms with van der Waals surface area (Å²) in [6.07, 6.45) is 3.78. The number of benzene rings is 2. The molecule has 0 spiro atoms. The zero-order valence-corrected chi connectivity index (χ0v) is 17.9. The number of carbonyl (C=O) groups is 1. The van der Waals surface area contributed by atoms with Gasteiger partial charge in [0.25, 0.3) is 5.91 Å². The fourth-order valence-corrected chi connectivity index (χ4v) is 4.73. The second-order valence-electron chi connectivity index (χ2n) is 8.59. The molecule has 1 aromatic heterocycles. The summed E-state index contributed by atoms with van der Waals surface area (Å²) in [5, 5.41) is 3.57. The first kappa shape index (κ1) is 21.4. The number of amides is 1. The van der Waals surface area contributed by atoms with Gasteiger partial charge in [-0.25, -0.2) is 13.8 Å². The third kappa shape index (κ3) is 4.61. The molecule has 0 radical (unpaired) electrons. The minimum Gasteiger partial charge on any atom is -0.334 e. The Labute approximate surface area is 180 Å². The molecule has 3 aromatic rings. The van der Waals surface area contributed by atoms with E-state index < -0.39 is 0 Å². The molecule has 1 aliphatic carbocycles. The van der Waals surface area contributed by atoms with Crippen LogP contribution in [0.3, 0.4) is 0 Å². The molecule has 31 heavy (non-hydrogen) atoms. The molecule has 7 heteroatoms. The van der Waals surface area contributed by atoms with E-state index in [1.54, 1.807) is 18.2 Å². The number of halogens is 2. The molecule has 4 rings (SSSR count). The number of nitrogens with zero attached hydrogens (tertiary/aromatic N) is 2. The topological polar surface area (TPSA) is 61.0 Å². The van der Waals surface area contributed by atoms with Crippen LogP contribution in [-0.4, -0.2) is 38.9 Å². The van der Waals surface area contributed by atoms with Crippen LogP contribution in [0.1, 0.15) is 55.7 Å². The second-order valence-corrected chi connectivity index (χ2v) is 8.59. The van der Waals surface area contributed by atoms with Crippen LogP contribution in [0.2, 0.25) is 0 Å². The van der Waals surface area contributed by atoms with Gasteiger partial charge in [0.1, 0.15) is 11.6 Å². The Balaban J connectivity index is 1.47. The van der Waals surface area contributed by atoms with E-state index in [4.69, 9.17) is 0 Å². The minimum absolute atomic E-state index is 0.166. The molecule has 0 aliphatic heterocycles. The number of rotatable bonds is 6. The predicted molar refractivity (Wildman–Crippen MR) is 117 cm³/mol. The number of carbonyl (C=O) groups excluding carboxylic acids is 1. The van der Waals surface area contributed by atoms with Crippen LogP contribution in [0.25, 0.3) is 11.0 Å². The Bertz CT molecular complexity index is 1070. The molecule has 0 bridgehead atoms. The number of aromatic nitrogens is 2. The van der Waals surface area contributed by atoms with Gasteiger partial charge in [0.05, 0.1) is 11.0 Å². The lowest BCUT2D eigenvalue weighted by molar-refractivity contribution is 0.0359. The highest BCUT2D eigenvalue weighted by Gasteiger charge is 2.40. The summed E-state index contributed by atoms with van der Waals surface area (Å²) in [5.41, 5.74) is 1.82. The van der Waals surface area contributed by atoms with Crippen molar-refractivity contribution in [3.63, 3.8) is 0 Å². The molecular formula is C24H28F2N4O. The maximum absolute atomic E-state index is 13.5. The van der Waals surface area contributed by atoms with Gasteiger partial charge in [-0.05, 0) is 75.4 Å². The Morgan fingerprint density at radius 2 is 1.97 bits per heavy atom. The van der Waals surface area contributed by atoms with Crippen LogP contribution in [0.4, 0.5) is 8.78 Å². The van der Waals surface area contributed by atoms with Crippen LogP contribution in [-0.2, 0) is 6.54 Å². The van der Waals surface area contributed by atoms with Gasteiger partial charge in [-0.1, -0.05) is 12.1 Å². The van der Waals surface area contributed by atoms with Crippen molar-refractivity contribution in [2.45, 2.75) is 57.7 Å². The zero-order valence-electron chi connectivity index (χ0n) is 17.9. The number of hydrogen-bond donors (Lipinski definition) is 2. The van der Waals surface area contributed by atoms with Gasteiger partial charge in [-0.15, -0.1) is 0 Å². The molecule has 2 N–H and O–H groups in total. The number of aromatic amines is 1. The number of fused-ring (bicyclic) bond motifs is 1. The van der Waals surface area contributed by atoms with E-state index in [2.05, 4.69) is 22.2 Å². The molecule has 5 nitrogen and oxygen atoms in total. The molecule has 1 heterocycles. The van der Waals surface area contributed by atoms with Gasteiger partial charge in [0.15, 0.2) is 5.82 Å². The maximum atomic E-state index is 13.5. The van der Waals surface area contributed by atoms with Crippen LogP contribution >= 0.6 is 0 Å². The monoisotopic (exact) mass is 426 g/mol. The van der Waals surface area contributed by atoms with Crippen molar-refractivity contribution in [1.29, 1.82) is 0 Å². The van der Waals surface area contributed by atoms with Crippen LogP contribution < -0.4 is 5.32 Å². The standard InChI is InChI=1S/C24H28F2N4O/c1-3-30(23(31)22-28-20-11-10-18(26)13-21(20)29-22)24(2)12-4-5-19(14-24)27-15-16-6-8-17(25)9-7-16/h6-11,13,19,27H,3-5,12,14-15H2,1-2H3,(H,28,29)/t19-,24?/m1/s1. The molecular weight excluding hydrogens is 398 g/mol. The van der Waals surface area contributed by atoms with Crippen molar-refractivity contribution in [1.82, 2.24) is 20.2 Å². The average molecular weight is 427 g/mol. The van der Waals surface area contributed by atoms with Crippen molar-refractivity contribution >= 4 is 16.9 Å². The van der Waals surface area contributed by atoms with E-state index in [9.17, 15) is 13.6 Å². The van der Waals surface area contributed by atoms with E-state index in [0.29, 0.717) is 24.1 Å². The lowest BCUT2D eigenvalue weighted by Crippen LogP contribution is -2.55. The van der Waals surface area contributed by atoms with Crippen LogP contribution in [0.15, 0.2) is 42.5 Å². The van der Waals surface area contributed by atoms with Gasteiger partial charge in [0, 0.05) is 24.7 Å². The Morgan fingerprint density at radius 3 is 2.71 bits per heavy atom. The second kappa shape index (κ2) is 8.75. The number of imidazole rings is 1. The van der Waals surface area contributed by atoms with Crippen molar-refractivity contribution < 1.29 is 13.6 Å². The number of hydrogen-bond acceptors (Lipinski definition) is 3. The molecule has 2 aromatic carbocycles. The summed E-state index contributed by atoms with van der Waals surface area (Å²) in [6.45, 7) is 5.32. The van der Waals surface area contributed by atoms with E-state index in [0.717, 1.165) is 31.2 Å². The van der Waals surface area contributed by atoms with E-state index in [1.165, 1.54) is 24.3 Å². The molecule has 1 fully saturated rings. The summed E-state index contributed by atoms with van der Waals surface area (Å²) in [6, 6.07) is 11.0. The summed E-state index contributed by atoms with van der Waals surface area (Å²) in [4.78, 5) is 22.6. The summed E-state index contributed by atoms with van der Waals surface area (Å²) < 4.78 is 26.6. The number of H-pyrrole nitrogens is 1. The van der Waals surface area contributed by atoms with Gasteiger partial charge in [0.2, 0.25) is 0 Å². The fraction of sp³-hybridized carbons (Fsp3) is 0.417. The summed E-state index contributed by atoms with van der Waals surface area (Å²) in [5.74, 6) is -0.526. The van der Waals surface area contributed by atoms with Crippen molar-refractivity contribution in [3.05, 3.63) is 65.5 Å². The Morgan fingerprint density at radius 1 is 1.23 bits per heavy atom. The van der Waals surface area contributed by atoms with Crippen molar-refractivity contribution in [2.24, 2.45) is 0 Å². The highest BCUT2D eigenvalue weighted by Crippen LogP contribution is 2.34. The first-order valence-corrected chi connectivity index (χ1v) is 10.8. The smallest absolute Gasteiger partial charge is 0.290 e. The largest absolute Gasteiger partial charge is 0.334 e. The maximum Gasteiger partial charge on any atom is 0.290 e. The van der Waals surface area contributed by atoms with Gasteiger partial charge < -0.3 is 15.2 Å². The number of nitrogens with one attached hydrogen (secondary N) is 2. The highest BCUT2D eigenvalue weighted by atomic mass is 19.1. The minimum atomic E-state index is -0.364. The Kier molecular flexibility index (Phi) is 6.05. The third-order valence-corrected chi connectivity index (χ3v) is 6.32. The first-order valence-electron chi connectivity index (χ1n) is 10.8. The molecule has 1 aliphatic rings.